The van der Waals surface area contributed by atoms with Crippen LogP contribution in [0.25, 0.3) is 0 Å². The van der Waals surface area contributed by atoms with Crippen molar-refractivity contribution in [3.8, 4) is 0 Å². The molecule has 1 aromatic carbocycles. The van der Waals surface area contributed by atoms with Crippen LogP contribution in [0, 0.1) is 0 Å². The van der Waals surface area contributed by atoms with Gasteiger partial charge in [0.15, 0.2) is 0 Å². The first-order valence-electron chi connectivity index (χ1n) is 9.49. The summed E-state index contributed by atoms with van der Waals surface area (Å²) in [7, 11) is -3.54. The van der Waals surface area contributed by atoms with Gasteiger partial charge in [-0.3, -0.25) is 9.78 Å². The number of morpholine rings is 1. The van der Waals surface area contributed by atoms with Crippen molar-refractivity contribution in [3.63, 3.8) is 0 Å². The second-order valence-electron chi connectivity index (χ2n) is 7.87. The number of pyridine rings is 1. The lowest BCUT2D eigenvalue weighted by atomic mass is 9.99. The third-order valence-corrected chi connectivity index (χ3v) is 8.48. The molecule has 152 valence electrons. The highest BCUT2D eigenvalue weighted by atomic mass is 35.5. The number of carbonyl (C=O) groups is 1. The van der Waals surface area contributed by atoms with Crippen LogP contribution >= 0.6 is 11.6 Å². The third kappa shape index (κ3) is 3.15. The molecule has 0 saturated carbocycles. The zero-order chi connectivity index (χ0) is 20.2. The van der Waals surface area contributed by atoms with Crippen LogP contribution in [0.15, 0.2) is 48.7 Å². The number of fused-ring (bicyclic) bond motifs is 1. The number of carbonyl (C=O) groups excluding carboxylic acids is 1. The van der Waals surface area contributed by atoms with Gasteiger partial charge in [-0.05, 0) is 36.2 Å². The lowest BCUT2D eigenvalue weighted by Gasteiger charge is -2.39. The summed E-state index contributed by atoms with van der Waals surface area (Å²) in [5.74, 6) is -0.190. The molecule has 5 rings (SSSR count). The van der Waals surface area contributed by atoms with Gasteiger partial charge in [0.1, 0.15) is 16.5 Å². The molecule has 3 fully saturated rings. The molecule has 0 N–H and O–H groups in total. The topological polar surface area (TPSA) is 79.8 Å². The van der Waals surface area contributed by atoms with Crippen LogP contribution in [0.4, 0.5) is 0 Å². The highest BCUT2D eigenvalue weighted by molar-refractivity contribution is 7.90. The molecule has 7 nitrogen and oxygen atoms in total. The molecule has 9 heteroatoms. The van der Waals surface area contributed by atoms with E-state index in [0.29, 0.717) is 23.7 Å². The van der Waals surface area contributed by atoms with Gasteiger partial charge in [-0.2, -0.15) is 4.31 Å². The van der Waals surface area contributed by atoms with Crippen LogP contribution < -0.4 is 0 Å². The molecule has 1 amide bonds. The molecule has 3 aliphatic rings. The van der Waals surface area contributed by atoms with Crippen LogP contribution in [0.3, 0.4) is 0 Å². The van der Waals surface area contributed by atoms with E-state index in [9.17, 15) is 13.2 Å². The summed E-state index contributed by atoms with van der Waals surface area (Å²) in [5, 5.41) is -0.0701. The summed E-state index contributed by atoms with van der Waals surface area (Å²) >= 11 is 6.05. The average molecular weight is 434 g/mol. The van der Waals surface area contributed by atoms with E-state index >= 15 is 0 Å². The molecule has 3 atom stereocenters. The van der Waals surface area contributed by atoms with Gasteiger partial charge in [0, 0.05) is 30.9 Å². The SMILES string of the molecule is O=C(c1ccccn1)N1C[C@@H]2C[C@@H]3[C@@](C1)(CN(Cc1cccc(Cl)c1)S3(=O)=O)O2. The van der Waals surface area contributed by atoms with E-state index in [4.69, 9.17) is 16.3 Å². The summed E-state index contributed by atoms with van der Waals surface area (Å²) in [6.45, 7) is 1.10. The van der Waals surface area contributed by atoms with Gasteiger partial charge in [0.05, 0.1) is 12.6 Å². The minimum atomic E-state index is -3.54. The van der Waals surface area contributed by atoms with E-state index in [1.165, 1.54) is 4.31 Å². The van der Waals surface area contributed by atoms with Crippen LogP contribution in [0.5, 0.6) is 0 Å². The van der Waals surface area contributed by atoms with Gasteiger partial charge in [0.2, 0.25) is 10.0 Å². The molecule has 0 aliphatic carbocycles. The zero-order valence-corrected chi connectivity index (χ0v) is 17.1. The lowest BCUT2D eigenvalue weighted by Crippen LogP contribution is -2.56. The number of amides is 1. The maximum absolute atomic E-state index is 13.2. The molecule has 4 heterocycles. The van der Waals surface area contributed by atoms with Crippen molar-refractivity contribution in [2.75, 3.05) is 19.6 Å². The predicted octanol–water partition coefficient (Wildman–Crippen LogP) is 1.93. The Morgan fingerprint density at radius 1 is 1.24 bits per heavy atom. The fourth-order valence-electron chi connectivity index (χ4n) is 4.74. The number of sulfonamides is 1. The van der Waals surface area contributed by atoms with Gasteiger partial charge < -0.3 is 9.64 Å². The van der Waals surface area contributed by atoms with Gasteiger partial charge in [0.25, 0.3) is 5.91 Å². The number of aromatic nitrogens is 1. The Morgan fingerprint density at radius 2 is 2.10 bits per heavy atom. The minimum Gasteiger partial charge on any atom is -0.365 e. The van der Waals surface area contributed by atoms with Crippen molar-refractivity contribution in [2.24, 2.45) is 0 Å². The van der Waals surface area contributed by atoms with Gasteiger partial charge in [-0.25, -0.2) is 8.42 Å². The van der Waals surface area contributed by atoms with E-state index in [-0.39, 0.29) is 31.6 Å². The van der Waals surface area contributed by atoms with E-state index < -0.39 is 20.9 Å². The van der Waals surface area contributed by atoms with Gasteiger partial charge >= 0.3 is 0 Å². The fraction of sp³-hybridized carbons (Fsp3) is 0.400. The first kappa shape index (κ1) is 19.0. The summed E-state index contributed by atoms with van der Waals surface area (Å²) in [4.78, 5) is 18.7. The Labute approximate surface area is 174 Å². The van der Waals surface area contributed by atoms with Gasteiger partial charge in [-0.1, -0.05) is 29.8 Å². The van der Waals surface area contributed by atoms with E-state index in [1.807, 2.05) is 6.07 Å². The molecular formula is C20H20ClN3O4S. The number of halogens is 1. The van der Waals surface area contributed by atoms with Crippen molar-refractivity contribution >= 4 is 27.5 Å². The largest absolute Gasteiger partial charge is 0.365 e. The number of likely N-dealkylation sites (tertiary alicyclic amines) is 1. The quantitative estimate of drug-likeness (QED) is 0.739. The van der Waals surface area contributed by atoms with Crippen molar-refractivity contribution in [1.29, 1.82) is 0 Å². The Bertz CT molecular complexity index is 1060. The van der Waals surface area contributed by atoms with Crippen molar-refractivity contribution < 1.29 is 17.9 Å². The summed E-state index contributed by atoms with van der Waals surface area (Å²) in [6, 6.07) is 12.4. The summed E-state index contributed by atoms with van der Waals surface area (Å²) in [6.07, 6.45) is 1.71. The zero-order valence-electron chi connectivity index (χ0n) is 15.6. The van der Waals surface area contributed by atoms with Crippen molar-refractivity contribution in [3.05, 3.63) is 64.9 Å². The van der Waals surface area contributed by atoms with Crippen LogP contribution in [0.2, 0.25) is 5.02 Å². The molecule has 3 saturated heterocycles. The maximum Gasteiger partial charge on any atom is 0.272 e. The van der Waals surface area contributed by atoms with Crippen LogP contribution in [0.1, 0.15) is 22.5 Å². The number of ether oxygens (including phenoxy) is 1. The monoisotopic (exact) mass is 433 g/mol. The highest BCUT2D eigenvalue weighted by Gasteiger charge is 2.65. The Hall–Kier alpha value is -2.00. The van der Waals surface area contributed by atoms with Crippen LogP contribution in [-0.4, -0.2) is 65.1 Å². The average Bonchev–Trinajstić information content (AvgIpc) is 3.07. The fourth-order valence-corrected chi connectivity index (χ4v) is 7.24. The molecule has 0 unspecified atom stereocenters. The molecule has 3 aliphatic heterocycles. The number of rotatable bonds is 3. The number of benzene rings is 1. The molecule has 2 bridgehead atoms. The normalized spacial score (nSPS) is 30.3. The molecule has 0 radical (unpaired) electrons. The van der Waals surface area contributed by atoms with Gasteiger partial charge in [-0.15, -0.1) is 0 Å². The first-order valence-corrected chi connectivity index (χ1v) is 11.4. The Balaban J connectivity index is 1.41. The lowest BCUT2D eigenvalue weighted by molar-refractivity contribution is -0.0981. The molecule has 2 aromatic rings. The predicted molar refractivity (Wildman–Crippen MR) is 107 cm³/mol. The van der Waals surface area contributed by atoms with Crippen LogP contribution in [-0.2, 0) is 21.3 Å². The minimum absolute atomic E-state index is 0.190. The van der Waals surface area contributed by atoms with E-state index in [1.54, 1.807) is 47.5 Å². The smallest absolute Gasteiger partial charge is 0.272 e. The first-order chi connectivity index (χ1) is 13.9. The number of hydrogen-bond acceptors (Lipinski definition) is 5. The maximum atomic E-state index is 13.2. The van der Waals surface area contributed by atoms with Crippen molar-refractivity contribution in [2.45, 2.75) is 29.9 Å². The Morgan fingerprint density at radius 3 is 2.86 bits per heavy atom. The van der Waals surface area contributed by atoms with E-state index in [0.717, 1.165) is 5.56 Å². The third-order valence-electron chi connectivity index (χ3n) is 5.93. The highest BCUT2D eigenvalue weighted by Crippen LogP contribution is 2.47. The second-order valence-corrected chi connectivity index (χ2v) is 10.4. The molecule has 1 spiro atoms. The second kappa shape index (κ2) is 6.77. The molecule has 29 heavy (non-hydrogen) atoms. The standard InChI is InChI=1S/C20H20ClN3O4S/c21-15-5-3-4-14(8-15)10-24-13-20-12-23(19(25)17-6-1-2-7-22-17)11-16(28-20)9-18(20)29(24,26)27/h1-8,16,18H,9-13H2/t16-,18+,20+/m0/s1. The van der Waals surface area contributed by atoms with E-state index in [2.05, 4.69) is 4.98 Å². The number of hydrogen-bond donors (Lipinski definition) is 0. The molecule has 1 aromatic heterocycles. The van der Waals surface area contributed by atoms with Crippen molar-refractivity contribution in [1.82, 2.24) is 14.2 Å². The summed E-state index contributed by atoms with van der Waals surface area (Å²) < 4.78 is 34.1. The number of nitrogens with zero attached hydrogens (tertiary/aromatic N) is 3. The Kier molecular flexibility index (Phi) is 4.43. The summed E-state index contributed by atoms with van der Waals surface area (Å²) in [5.41, 5.74) is 0.287. The molecular weight excluding hydrogens is 414 g/mol.